The van der Waals surface area contributed by atoms with Crippen molar-refractivity contribution in [1.29, 1.82) is 0 Å². The zero-order valence-electron chi connectivity index (χ0n) is 26.0. The van der Waals surface area contributed by atoms with Gasteiger partial charge in [-0.25, -0.2) is 0 Å². The van der Waals surface area contributed by atoms with Crippen molar-refractivity contribution in [3.63, 3.8) is 0 Å². The summed E-state index contributed by atoms with van der Waals surface area (Å²) in [5.41, 5.74) is -7.24. The molecule has 0 radical (unpaired) electrons. The maximum absolute atomic E-state index is 14.9. The summed E-state index contributed by atoms with van der Waals surface area (Å²) in [6.45, 7) is 4.08. The van der Waals surface area contributed by atoms with E-state index in [-0.39, 0.29) is 45.6 Å². The van der Waals surface area contributed by atoms with Crippen molar-refractivity contribution in [2.75, 3.05) is 6.61 Å². The number of fused-ring (bicyclic) bond motifs is 6. The smallest absolute Gasteiger partial charge is 0.229 e. The Kier molecular flexibility index (Phi) is 7.08. The molecule has 11 heteroatoms. The van der Waals surface area contributed by atoms with Crippen molar-refractivity contribution in [2.45, 2.75) is 80.6 Å². The van der Waals surface area contributed by atoms with Crippen molar-refractivity contribution in [3.8, 4) is 11.5 Å². The minimum absolute atomic E-state index is 0.0256. The number of aromatic hydroxyl groups is 1. The first-order valence-corrected chi connectivity index (χ1v) is 15.6. The molecule has 2 unspecified atom stereocenters. The average molecular weight is 647 g/mol. The van der Waals surface area contributed by atoms with Gasteiger partial charge in [-0.05, 0) is 20.8 Å². The van der Waals surface area contributed by atoms with Crippen LogP contribution < -0.4 is 4.74 Å². The fraction of sp³-hybridized carbons (Fsp3) is 0.417. The molecule has 11 nitrogen and oxygen atoms in total. The summed E-state index contributed by atoms with van der Waals surface area (Å²) in [4.78, 5) is 14.9. The fourth-order valence-corrected chi connectivity index (χ4v) is 8.26. The van der Waals surface area contributed by atoms with E-state index in [1.807, 2.05) is 0 Å². The Morgan fingerprint density at radius 1 is 1.00 bits per heavy atom. The lowest BCUT2D eigenvalue weighted by Crippen LogP contribution is -2.73. The maximum atomic E-state index is 14.9. The number of hydrogen-bond donors (Lipinski definition) is 8. The highest BCUT2D eigenvalue weighted by Crippen LogP contribution is 2.72. The van der Waals surface area contributed by atoms with Crippen LogP contribution in [0.15, 0.2) is 72.3 Å². The molecule has 3 aromatic carbocycles. The number of aliphatic hydroxyl groups is 7. The Labute approximate surface area is 270 Å². The minimum Gasteiger partial charge on any atom is -0.507 e. The lowest BCUT2D eigenvalue weighted by Gasteiger charge is -2.64. The third-order valence-electron chi connectivity index (χ3n) is 10.4. The molecule has 0 saturated carbocycles. The summed E-state index contributed by atoms with van der Waals surface area (Å²) in [6.07, 6.45) is -3.71. The molecule has 9 atom stereocenters. The first kappa shape index (κ1) is 31.9. The van der Waals surface area contributed by atoms with E-state index >= 15 is 0 Å². The van der Waals surface area contributed by atoms with Crippen LogP contribution in [0, 0.1) is 5.41 Å². The van der Waals surface area contributed by atoms with Crippen molar-refractivity contribution < 1.29 is 55.1 Å². The fourth-order valence-electron chi connectivity index (χ4n) is 8.26. The zero-order valence-corrected chi connectivity index (χ0v) is 26.0. The van der Waals surface area contributed by atoms with E-state index < -0.39 is 71.2 Å². The van der Waals surface area contributed by atoms with Crippen molar-refractivity contribution in [3.05, 3.63) is 94.6 Å². The van der Waals surface area contributed by atoms with Gasteiger partial charge in [-0.15, -0.1) is 0 Å². The van der Waals surface area contributed by atoms with Gasteiger partial charge in [-0.3, -0.25) is 4.79 Å². The Bertz CT molecular complexity index is 1860. The van der Waals surface area contributed by atoms with Crippen molar-refractivity contribution >= 4 is 16.6 Å². The standard InChI is InChI=1S/C36H38O11/c1-17-14-22-24-25(26(38)18-8-4-5-9-19(18)30(24)47-32-29(41)28(40)27(39)23(16-37)46-32)36(45)21-11-7-6-10-20(21)31(42)34(22,35(36,44)15-17)13-12-33(2,3)43/h4-14,22-23,27-29,32,37-41,43-45H,15-16H2,1-3H3/b13-12+/t22?,23-,27-,28+,29-,32+,34?,35+,36+/m1/s1. The summed E-state index contributed by atoms with van der Waals surface area (Å²) in [6, 6.07) is 12.9. The van der Waals surface area contributed by atoms with E-state index in [1.165, 1.54) is 32.1 Å². The van der Waals surface area contributed by atoms with Crippen LogP contribution in [-0.2, 0) is 10.3 Å². The molecule has 1 heterocycles. The number of phenolic OH excluding ortho intramolecular Hbond substituents is 1. The normalized spacial score (nSPS) is 36.2. The van der Waals surface area contributed by atoms with Crippen LogP contribution in [0.2, 0.25) is 0 Å². The average Bonchev–Trinajstić information content (AvgIpc) is 3.03. The molecule has 8 N–H and O–H groups in total. The van der Waals surface area contributed by atoms with Crippen LogP contribution in [0.5, 0.6) is 11.5 Å². The van der Waals surface area contributed by atoms with Gasteiger partial charge in [0, 0.05) is 45.4 Å². The Balaban J connectivity index is 1.63. The van der Waals surface area contributed by atoms with Gasteiger partial charge in [0.2, 0.25) is 6.29 Å². The SMILES string of the molecule is CC1=CC2c3c(c(O)c4ccccc4c3O[C@@H]3O[C@H](CO)[C@@H](O)[C@H](O)[C@H]3O)[C@@]3(O)c4ccccc4C(=O)C2(/C=C/C(C)(C)O)[C@@]3(O)C1. The molecule has 3 aliphatic carbocycles. The van der Waals surface area contributed by atoms with Gasteiger partial charge in [0.25, 0.3) is 0 Å². The van der Waals surface area contributed by atoms with Crippen LogP contribution in [0.3, 0.4) is 0 Å². The third-order valence-corrected chi connectivity index (χ3v) is 10.4. The van der Waals surface area contributed by atoms with E-state index in [9.17, 15) is 45.6 Å². The highest BCUT2D eigenvalue weighted by Gasteiger charge is 2.77. The topological polar surface area (TPSA) is 197 Å². The molecule has 0 amide bonds. The summed E-state index contributed by atoms with van der Waals surface area (Å²) in [5, 5.41) is 91.6. The minimum atomic E-state index is -2.43. The molecule has 4 aliphatic rings. The first-order chi connectivity index (χ1) is 22.1. The zero-order chi connectivity index (χ0) is 33.8. The van der Waals surface area contributed by atoms with Crippen LogP contribution in [0.25, 0.3) is 10.8 Å². The lowest BCUT2D eigenvalue weighted by molar-refractivity contribution is -0.277. The molecule has 1 aliphatic heterocycles. The molecule has 3 aromatic rings. The van der Waals surface area contributed by atoms with Crippen LogP contribution in [-0.4, -0.2) is 95.2 Å². The van der Waals surface area contributed by atoms with Gasteiger partial charge < -0.3 is 50.3 Å². The van der Waals surface area contributed by atoms with Gasteiger partial charge in [0.1, 0.15) is 47.1 Å². The molecule has 47 heavy (non-hydrogen) atoms. The number of Topliss-reactive ketones (excluding diaryl/α,β-unsaturated/α-hetero) is 1. The second-order valence-corrected chi connectivity index (χ2v) is 13.8. The van der Waals surface area contributed by atoms with Gasteiger partial charge in [0.15, 0.2) is 5.78 Å². The van der Waals surface area contributed by atoms with Crippen LogP contribution in [0.1, 0.15) is 60.2 Å². The first-order valence-electron chi connectivity index (χ1n) is 15.6. The summed E-state index contributed by atoms with van der Waals surface area (Å²) < 4.78 is 12.1. The number of ketones is 1. The van der Waals surface area contributed by atoms with Crippen molar-refractivity contribution in [1.82, 2.24) is 0 Å². The molecule has 4 bridgehead atoms. The molecule has 7 rings (SSSR count). The highest BCUT2D eigenvalue weighted by molar-refractivity contribution is 6.09. The lowest BCUT2D eigenvalue weighted by atomic mass is 9.40. The molecular weight excluding hydrogens is 608 g/mol. The number of phenols is 1. The number of carbonyl (C=O) groups excluding carboxylic acids is 1. The van der Waals surface area contributed by atoms with E-state index in [4.69, 9.17) is 9.47 Å². The highest BCUT2D eigenvalue weighted by atomic mass is 16.7. The second-order valence-electron chi connectivity index (χ2n) is 13.8. The number of hydrogen-bond acceptors (Lipinski definition) is 11. The molecule has 1 fully saturated rings. The molecule has 0 aromatic heterocycles. The largest absolute Gasteiger partial charge is 0.507 e. The number of benzene rings is 3. The third kappa shape index (κ3) is 4.06. The predicted molar refractivity (Wildman–Crippen MR) is 168 cm³/mol. The Morgan fingerprint density at radius 2 is 1.66 bits per heavy atom. The number of allylic oxidation sites excluding steroid dienone is 1. The van der Waals surface area contributed by atoms with Gasteiger partial charge in [-0.1, -0.05) is 72.3 Å². The van der Waals surface area contributed by atoms with Gasteiger partial charge in [0.05, 0.1) is 17.6 Å². The van der Waals surface area contributed by atoms with E-state index in [1.54, 1.807) is 55.5 Å². The summed E-state index contributed by atoms with van der Waals surface area (Å²) >= 11 is 0. The van der Waals surface area contributed by atoms with Gasteiger partial charge >= 0.3 is 0 Å². The summed E-state index contributed by atoms with van der Waals surface area (Å²) in [5.74, 6) is -2.01. The van der Waals surface area contributed by atoms with E-state index in [0.717, 1.165) is 0 Å². The molecule has 1 saturated heterocycles. The van der Waals surface area contributed by atoms with Crippen LogP contribution >= 0.6 is 0 Å². The van der Waals surface area contributed by atoms with E-state index in [2.05, 4.69) is 0 Å². The number of ether oxygens (including phenoxy) is 2. The second kappa shape index (κ2) is 10.4. The van der Waals surface area contributed by atoms with Crippen molar-refractivity contribution in [2.24, 2.45) is 5.41 Å². The molecule has 248 valence electrons. The quantitative estimate of drug-likeness (QED) is 0.188. The monoisotopic (exact) mass is 646 g/mol. The molecular formula is C36H38O11. The van der Waals surface area contributed by atoms with Crippen LogP contribution in [0.4, 0.5) is 0 Å². The van der Waals surface area contributed by atoms with Gasteiger partial charge in [-0.2, -0.15) is 0 Å². The van der Waals surface area contributed by atoms with E-state index in [0.29, 0.717) is 11.0 Å². The Hall–Kier alpha value is -3.65. The summed E-state index contributed by atoms with van der Waals surface area (Å²) in [7, 11) is 0. The number of aliphatic hydroxyl groups excluding tert-OH is 4. The number of carbonyl (C=O) groups is 1. The number of rotatable bonds is 5. The predicted octanol–water partition coefficient (Wildman–Crippen LogP) is 1.65. The Morgan fingerprint density at radius 3 is 2.34 bits per heavy atom. The maximum Gasteiger partial charge on any atom is 0.229 e. The molecule has 0 spiro atoms.